The molecule has 1 aliphatic carbocycles. The summed E-state index contributed by atoms with van der Waals surface area (Å²) in [7, 11) is -1.14. The van der Waals surface area contributed by atoms with Gasteiger partial charge in [0.05, 0.1) is 8.07 Å². The molecule has 2 rings (SSSR count). The van der Waals surface area contributed by atoms with E-state index < -0.39 is 8.07 Å². The molecule has 0 N–H and O–H groups in total. The minimum absolute atomic E-state index is 0.702. The van der Waals surface area contributed by atoms with Gasteiger partial charge in [0.25, 0.3) is 0 Å². The molecule has 15 heavy (non-hydrogen) atoms. The van der Waals surface area contributed by atoms with Crippen LogP contribution in [0.25, 0.3) is 6.08 Å². The van der Waals surface area contributed by atoms with Gasteiger partial charge in [-0.25, -0.2) is 0 Å². The molecule has 0 saturated carbocycles. The van der Waals surface area contributed by atoms with Crippen molar-refractivity contribution < 1.29 is 0 Å². The third kappa shape index (κ3) is 1.81. The molecular weight excluding hydrogens is 196 g/mol. The fourth-order valence-electron chi connectivity index (χ4n) is 2.57. The number of fused-ring (bicyclic) bond motifs is 1. The van der Waals surface area contributed by atoms with E-state index in [2.05, 4.69) is 56.9 Å². The van der Waals surface area contributed by atoms with Gasteiger partial charge in [-0.15, -0.1) is 0 Å². The van der Waals surface area contributed by atoms with Crippen LogP contribution in [-0.2, 0) is 0 Å². The van der Waals surface area contributed by atoms with Crippen molar-refractivity contribution in [3.8, 4) is 0 Å². The SMILES string of the molecule is CCC1C([Si](C)(C)C)=Cc2ccccc21. The van der Waals surface area contributed by atoms with Gasteiger partial charge in [-0.3, -0.25) is 0 Å². The quantitative estimate of drug-likeness (QED) is 0.641. The first-order valence-electron chi connectivity index (χ1n) is 5.85. The zero-order valence-electron chi connectivity index (χ0n) is 10.2. The Morgan fingerprint density at radius 3 is 2.40 bits per heavy atom. The highest BCUT2D eigenvalue weighted by atomic mass is 28.3. The van der Waals surface area contributed by atoms with Crippen molar-refractivity contribution in [1.82, 2.24) is 0 Å². The Morgan fingerprint density at radius 1 is 1.13 bits per heavy atom. The molecular formula is C14H20Si. The van der Waals surface area contributed by atoms with E-state index in [4.69, 9.17) is 0 Å². The van der Waals surface area contributed by atoms with E-state index in [0.29, 0.717) is 5.92 Å². The highest BCUT2D eigenvalue weighted by molar-refractivity contribution is 6.84. The number of benzene rings is 1. The van der Waals surface area contributed by atoms with Crippen LogP contribution in [0.4, 0.5) is 0 Å². The summed E-state index contributed by atoms with van der Waals surface area (Å²) < 4.78 is 0. The molecule has 1 atom stereocenters. The Balaban J connectivity index is 2.48. The minimum Gasteiger partial charge on any atom is -0.0731 e. The molecule has 0 bridgehead atoms. The molecule has 0 nitrogen and oxygen atoms in total. The zero-order chi connectivity index (χ0) is 11.1. The van der Waals surface area contributed by atoms with Crippen LogP contribution in [0.1, 0.15) is 30.4 Å². The van der Waals surface area contributed by atoms with Crippen LogP contribution in [0.5, 0.6) is 0 Å². The topological polar surface area (TPSA) is 0 Å². The van der Waals surface area contributed by atoms with Crippen LogP contribution in [0.15, 0.2) is 29.5 Å². The lowest BCUT2D eigenvalue weighted by Gasteiger charge is -2.25. The molecule has 0 aliphatic heterocycles. The highest BCUT2D eigenvalue weighted by Gasteiger charge is 2.31. The number of rotatable bonds is 2. The summed E-state index contributed by atoms with van der Waals surface area (Å²) in [6.07, 6.45) is 3.70. The maximum atomic E-state index is 2.45. The first-order chi connectivity index (χ1) is 7.04. The van der Waals surface area contributed by atoms with Crippen LogP contribution in [-0.4, -0.2) is 8.07 Å². The van der Waals surface area contributed by atoms with Crippen LogP contribution in [0, 0.1) is 0 Å². The minimum atomic E-state index is -1.14. The van der Waals surface area contributed by atoms with Crippen LogP contribution < -0.4 is 0 Å². The van der Waals surface area contributed by atoms with Gasteiger partial charge in [0.15, 0.2) is 0 Å². The monoisotopic (exact) mass is 216 g/mol. The Bertz CT molecular complexity index is 396. The van der Waals surface area contributed by atoms with Gasteiger partial charge in [-0.2, -0.15) is 0 Å². The average molecular weight is 216 g/mol. The van der Waals surface area contributed by atoms with Crippen molar-refractivity contribution in [3.63, 3.8) is 0 Å². The predicted octanol–water partition coefficient (Wildman–Crippen LogP) is 4.45. The van der Waals surface area contributed by atoms with Gasteiger partial charge in [0.1, 0.15) is 0 Å². The van der Waals surface area contributed by atoms with Gasteiger partial charge < -0.3 is 0 Å². The molecule has 1 unspecified atom stereocenters. The summed E-state index contributed by atoms with van der Waals surface area (Å²) in [6.45, 7) is 9.66. The fourth-order valence-corrected chi connectivity index (χ4v) is 4.57. The summed E-state index contributed by atoms with van der Waals surface area (Å²) in [5.41, 5.74) is 3.01. The van der Waals surface area contributed by atoms with E-state index in [1.807, 2.05) is 0 Å². The van der Waals surface area contributed by atoms with E-state index in [-0.39, 0.29) is 0 Å². The van der Waals surface area contributed by atoms with Crippen molar-refractivity contribution >= 4 is 14.1 Å². The second kappa shape index (κ2) is 3.64. The summed E-state index contributed by atoms with van der Waals surface area (Å²) >= 11 is 0. The lowest BCUT2D eigenvalue weighted by molar-refractivity contribution is 0.799. The molecule has 0 aromatic heterocycles. The molecule has 0 heterocycles. The molecule has 0 amide bonds. The van der Waals surface area contributed by atoms with E-state index in [1.165, 1.54) is 12.0 Å². The highest BCUT2D eigenvalue weighted by Crippen LogP contribution is 2.42. The summed E-state index contributed by atoms with van der Waals surface area (Å²) in [5.74, 6) is 0.702. The van der Waals surface area contributed by atoms with Crippen LogP contribution in [0.3, 0.4) is 0 Å². The van der Waals surface area contributed by atoms with Crippen LogP contribution in [0.2, 0.25) is 19.6 Å². The lowest BCUT2D eigenvalue weighted by Crippen LogP contribution is -2.26. The van der Waals surface area contributed by atoms with E-state index >= 15 is 0 Å². The van der Waals surface area contributed by atoms with Crippen molar-refractivity contribution in [2.75, 3.05) is 0 Å². The molecule has 0 spiro atoms. The summed E-state index contributed by atoms with van der Waals surface area (Å²) in [6, 6.07) is 8.87. The lowest BCUT2D eigenvalue weighted by atomic mass is 9.98. The normalized spacial score (nSPS) is 20.0. The van der Waals surface area contributed by atoms with E-state index in [0.717, 1.165) is 0 Å². The molecule has 0 saturated heterocycles. The Kier molecular flexibility index (Phi) is 2.59. The second-order valence-electron chi connectivity index (χ2n) is 5.44. The molecule has 0 fully saturated rings. The predicted molar refractivity (Wildman–Crippen MR) is 70.8 cm³/mol. The smallest absolute Gasteiger partial charge is 0.0731 e. The standard InChI is InChI=1S/C14H20Si/c1-5-12-13-9-7-6-8-11(13)10-14(12)15(2,3)4/h6-10,12H,5H2,1-4H3. The molecule has 80 valence electrons. The summed E-state index contributed by atoms with van der Waals surface area (Å²) in [5, 5.41) is 1.73. The average Bonchev–Trinajstić information content (AvgIpc) is 2.55. The van der Waals surface area contributed by atoms with Gasteiger partial charge in [0.2, 0.25) is 0 Å². The largest absolute Gasteiger partial charge is 0.0732 e. The Morgan fingerprint density at radius 2 is 1.80 bits per heavy atom. The third-order valence-corrected chi connectivity index (χ3v) is 5.56. The Hall–Kier alpha value is -0.823. The van der Waals surface area contributed by atoms with Gasteiger partial charge >= 0.3 is 0 Å². The first kappa shape index (κ1) is 10.7. The van der Waals surface area contributed by atoms with Gasteiger partial charge in [-0.05, 0) is 17.5 Å². The van der Waals surface area contributed by atoms with Crippen molar-refractivity contribution in [2.24, 2.45) is 0 Å². The zero-order valence-corrected chi connectivity index (χ0v) is 11.2. The maximum absolute atomic E-state index is 2.45. The molecule has 1 aliphatic rings. The van der Waals surface area contributed by atoms with Crippen molar-refractivity contribution in [1.29, 1.82) is 0 Å². The first-order valence-corrected chi connectivity index (χ1v) is 9.35. The molecule has 1 aromatic rings. The van der Waals surface area contributed by atoms with Crippen LogP contribution >= 0.6 is 0 Å². The third-order valence-electron chi connectivity index (χ3n) is 3.33. The van der Waals surface area contributed by atoms with Gasteiger partial charge in [-0.1, -0.05) is 62.1 Å². The molecule has 0 radical (unpaired) electrons. The van der Waals surface area contributed by atoms with Crippen molar-refractivity contribution in [3.05, 3.63) is 40.6 Å². The number of allylic oxidation sites excluding steroid dienone is 1. The molecule has 1 heteroatoms. The second-order valence-corrected chi connectivity index (χ2v) is 10.5. The molecule has 1 aromatic carbocycles. The van der Waals surface area contributed by atoms with E-state index in [9.17, 15) is 0 Å². The Labute approximate surface area is 94.0 Å². The van der Waals surface area contributed by atoms with Crippen molar-refractivity contribution in [2.45, 2.75) is 38.9 Å². The van der Waals surface area contributed by atoms with Gasteiger partial charge in [0, 0.05) is 5.92 Å². The fraction of sp³-hybridized carbons (Fsp3) is 0.429. The summed E-state index contributed by atoms with van der Waals surface area (Å²) in [4.78, 5) is 0. The number of hydrogen-bond donors (Lipinski definition) is 0. The number of hydrogen-bond acceptors (Lipinski definition) is 0. The maximum Gasteiger partial charge on any atom is 0.0732 e. The van der Waals surface area contributed by atoms with E-state index in [1.54, 1.807) is 10.8 Å².